The minimum Gasteiger partial charge on any atom is -0.423 e. The second-order valence-electron chi connectivity index (χ2n) is 6.37. The molecule has 1 amide bonds. The van der Waals surface area contributed by atoms with E-state index in [0.717, 1.165) is 5.57 Å². The number of nitrogens with one attached hydrogen (secondary N) is 1. The fourth-order valence-electron chi connectivity index (χ4n) is 2.93. The van der Waals surface area contributed by atoms with Gasteiger partial charge in [-0.05, 0) is 48.0 Å². The van der Waals surface area contributed by atoms with Crippen LogP contribution in [0.5, 0.6) is 0 Å². The Balaban J connectivity index is 2.65. The van der Waals surface area contributed by atoms with Crippen molar-refractivity contribution in [3.63, 3.8) is 0 Å². The third kappa shape index (κ3) is 4.54. The summed E-state index contributed by atoms with van der Waals surface area (Å²) in [6.45, 7) is 11.0. The molecule has 3 N–H and O–H groups in total. The first-order chi connectivity index (χ1) is 13.3. The quantitative estimate of drug-likeness (QED) is 0.398. The Morgan fingerprint density at radius 3 is 2.29 bits per heavy atom. The van der Waals surface area contributed by atoms with Gasteiger partial charge in [-0.2, -0.15) is 0 Å². The Bertz CT molecular complexity index is 1070. The predicted octanol–water partition coefficient (Wildman–Crippen LogP) is 0.901. The van der Waals surface area contributed by atoms with Gasteiger partial charge in [-0.3, -0.25) is 9.59 Å². The van der Waals surface area contributed by atoms with Crippen molar-refractivity contribution in [1.29, 1.82) is 0 Å². The van der Waals surface area contributed by atoms with Crippen LogP contribution in [0.4, 0.5) is 5.69 Å². The lowest BCUT2D eigenvalue weighted by Crippen LogP contribution is -2.36. The maximum atomic E-state index is 12.9. The Labute approximate surface area is 164 Å². The smallest absolute Gasteiger partial charge is 0.423 e. The van der Waals surface area contributed by atoms with Crippen LogP contribution in [-0.4, -0.2) is 28.9 Å². The van der Waals surface area contributed by atoms with E-state index in [2.05, 4.69) is 18.5 Å². The Morgan fingerprint density at radius 1 is 1.04 bits per heavy atom. The summed E-state index contributed by atoms with van der Waals surface area (Å²) in [6.07, 6.45) is 2.68. The van der Waals surface area contributed by atoms with Crippen molar-refractivity contribution in [2.75, 3.05) is 5.32 Å². The van der Waals surface area contributed by atoms with E-state index in [1.165, 1.54) is 24.3 Å². The molecule has 0 spiro atoms. The molecule has 0 bridgehead atoms. The van der Waals surface area contributed by atoms with Gasteiger partial charge in [0.15, 0.2) is 5.78 Å². The van der Waals surface area contributed by atoms with E-state index >= 15 is 0 Å². The fraction of sp³-hybridized carbons (Fsp3) is 0.0909. The van der Waals surface area contributed by atoms with Gasteiger partial charge in [-0.1, -0.05) is 55.1 Å². The topological polar surface area (TPSA) is 86.6 Å². The zero-order valence-corrected chi connectivity index (χ0v) is 15.9. The van der Waals surface area contributed by atoms with Crippen molar-refractivity contribution < 1.29 is 19.6 Å². The van der Waals surface area contributed by atoms with Crippen molar-refractivity contribution in [3.05, 3.63) is 83.8 Å². The van der Waals surface area contributed by atoms with Crippen LogP contribution in [0, 0.1) is 0 Å². The van der Waals surface area contributed by atoms with Crippen LogP contribution in [0.25, 0.3) is 11.1 Å². The number of allylic oxidation sites excluding steroid dienone is 1. The zero-order chi connectivity index (χ0) is 20.8. The first-order valence-corrected chi connectivity index (χ1v) is 8.67. The highest BCUT2D eigenvalue weighted by Crippen LogP contribution is 2.08. The van der Waals surface area contributed by atoms with Crippen molar-refractivity contribution in [2.45, 2.75) is 13.8 Å². The minimum absolute atomic E-state index is 0.230. The van der Waals surface area contributed by atoms with Crippen molar-refractivity contribution >= 4 is 41.1 Å². The molecule has 0 aromatic heterocycles. The molecule has 2 aromatic carbocycles. The SMILES string of the molecule is C=CC(=O)c1ccc/c(=C(/C=C)C(=O)Nc2cccc(B(O)O)c2)c1=C(C)C. The summed E-state index contributed by atoms with van der Waals surface area (Å²) in [5, 5.41) is 22.6. The van der Waals surface area contributed by atoms with Gasteiger partial charge in [0.25, 0.3) is 5.91 Å². The van der Waals surface area contributed by atoms with Gasteiger partial charge >= 0.3 is 7.12 Å². The van der Waals surface area contributed by atoms with Crippen LogP contribution < -0.4 is 21.2 Å². The standard InChI is InChI=1S/C22H22BNO4/c1-5-17(22(26)24-16-10-7-9-15(13-16)23(27)28)18-11-8-12-19(20(25)6-2)21(18)14(3)4/h5-13,27-28H,1-2H2,3-4H3,(H,24,26)/b18-17+. The molecule has 2 rings (SSSR count). The monoisotopic (exact) mass is 375 g/mol. The van der Waals surface area contributed by atoms with Crippen LogP contribution in [0.1, 0.15) is 24.2 Å². The molecular formula is C22H22BNO4. The normalized spacial score (nSPS) is 11.3. The average molecular weight is 375 g/mol. The van der Waals surface area contributed by atoms with E-state index < -0.39 is 13.0 Å². The number of hydrogen-bond donors (Lipinski definition) is 3. The molecule has 0 aliphatic carbocycles. The molecule has 0 fully saturated rings. The maximum Gasteiger partial charge on any atom is 0.488 e. The number of ketones is 1. The molecule has 0 saturated heterocycles. The summed E-state index contributed by atoms with van der Waals surface area (Å²) >= 11 is 0. The molecule has 0 saturated carbocycles. The number of carbonyl (C=O) groups is 2. The summed E-state index contributed by atoms with van der Waals surface area (Å²) < 4.78 is 0. The minimum atomic E-state index is -1.63. The molecule has 5 nitrogen and oxygen atoms in total. The second kappa shape index (κ2) is 9.13. The van der Waals surface area contributed by atoms with Crippen molar-refractivity contribution in [3.8, 4) is 0 Å². The van der Waals surface area contributed by atoms with Gasteiger partial charge in [0.05, 0.1) is 0 Å². The van der Waals surface area contributed by atoms with E-state index in [1.807, 2.05) is 13.8 Å². The molecule has 28 heavy (non-hydrogen) atoms. The fourth-order valence-corrected chi connectivity index (χ4v) is 2.93. The van der Waals surface area contributed by atoms with E-state index in [1.54, 1.807) is 30.3 Å². The molecule has 2 aromatic rings. The third-order valence-electron chi connectivity index (χ3n) is 4.20. The number of carbonyl (C=O) groups excluding carboxylic acids is 2. The number of amides is 1. The number of rotatable bonds is 6. The Morgan fingerprint density at radius 2 is 1.71 bits per heavy atom. The molecule has 0 unspecified atom stereocenters. The molecule has 0 radical (unpaired) electrons. The molecule has 6 heteroatoms. The largest absolute Gasteiger partial charge is 0.488 e. The van der Waals surface area contributed by atoms with Gasteiger partial charge in [0.2, 0.25) is 0 Å². The van der Waals surface area contributed by atoms with Crippen LogP contribution in [0.15, 0.2) is 67.8 Å². The van der Waals surface area contributed by atoms with Crippen molar-refractivity contribution in [2.24, 2.45) is 0 Å². The lowest BCUT2D eigenvalue weighted by molar-refractivity contribution is -0.111. The van der Waals surface area contributed by atoms with Gasteiger partial charge < -0.3 is 15.4 Å². The second-order valence-corrected chi connectivity index (χ2v) is 6.37. The first-order valence-electron chi connectivity index (χ1n) is 8.67. The molecule has 0 atom stereocenters. The number of benzene rings is 2. The van der Waals surface area contributed by atoms with Gasteiger partial charge in [-0.25, -0.2) is 0 Å². The average Bonchev–Trinajstić information content (AvgIpc) is 2.67. The predicted molar refractivity (Wildman–Crippen MR) is 113 cm³/mol. The Kier molecular flexibility index (Phi) is 6.87. The van der Waals surface area contributed by atoms with Gasteiger partial charge in [-0.15, -0.1) is 0 Å². The van der Waals surface area contributed by atoms with Crippen LogP contribution in [-0.2, 0) is 4.79 Å². The van der Waals surface area contributed by atoms with Crippen molar-refractivity contribution in [1.82, 2.24) is 0 Å². The van der Waals surface area contributed by atoms with E-state index in [-0.39, 0.29) is 11.2 Å². The Hall–Kier alpha value is -3.22. The molecule has 0 aliphatic rings. The van der Waals surface area contributed by atoms with E-state index in [0.29, 0.717) is 27.3 Å². The van der Waals surface area contributed by atoms with Crippen LogP contribution in [0.3, 0.4) is 0 Å². The number of anilines is 1. The zero-order valence-electron chi connectivity index (χ0n) is 15.9. The highest BCUT2D eigenvalue weighted by molar-refractivity contribution is 6.58. The molecule has 0 aliphatic heterocycles. The summed E-state index contributed by atoms with van der Waals surface area (Å²) in [5.41, 5.74) is 2.30. The molecular weight excluding hydrogens is 353 g/mol. The van der Waals surface area contributed by atoms with Gasteiger partial charge in [0.1, 0.15) is 0 Å². The summed E-state index contributed by atoms with van der Waals surface area (Å²) in [7, 11) is -1.63. The van der Waals surface area contributed by atoms with Crippen LogP contribution >= 0.6 is 0 Å². The first kappa shape index (κ1) is 21.1. The third-order valence-corrected chi connectivity index (χ3v) is 4.20. The van der Waals surface area contributed by atoms with E-state index in [4.69, 9.17) is 0 Å². The van der Waals surface area contributed by atoms with Crippen LogP contribution in [0.2, 0.25) is 0 Å². The molecule has 0 heterocycles. The maximum absolute atomic E-state index is 12.9. The lowest BCUT2D eigenvalue weighted by atomic mass is 9.80. The lowest BCUT2D eigenvalue weighted by Gasteiger charge is -2.09. The number of hydrogen-bond acceptors (Lipinski definition) is 4. The highest BCUT2D eigenvalue weighted by atomic mass is 16.4. The summed E-state index contributed by atoms with van der Waals surface area (Å²) in [4.78, 5) is 25.1. The summed E-state index contributed by atoms with van der Waals surface area (Å²) in [6, 6.07) is 11.4. The highest BCUT2D eigenvalue weighted by Gasteiger charge is 2.14. The molecule has 142 valence electrons. The van der Waals surface area contributed by atoms with E-state index in [9.17, 15) is 19.6 Å². The summed E-state index contributed by atoms with van der Waals surface area (Å²) in [5.74, 6) is -0.656. The van der Waals surface area contributed by atoms with Gasteiger partial charge in [0, 0.05) is 16.8 Å².